The van der Waals surface area contributed by atoms with Gasteiger partial charge in [0, 0.05) is 5.02 Å². The maximum atomic E-state index is 12.9. The number of nitrogen functional groups attached to an aromatic ring is 1. The highest BCUT2D eigenvalue weighted by atomic mass is 35.5. The molecule has 3 N–H and O–H groups in total. The molecule has 0 fully saturated rings. The number of hydrogen-bond donors (Lipinski definition) is 2. The summed E-state index contributed by atoms with van der Waals surface area (Å²) < 4.78 is 38.6. The van der Waals surface area contributed by atoms with Crippen LogP contribution in [0.25, 0.3) is 0 Å². The van der Waals surface area contributed by atoms with Gasteiger partial charge in [-0.05, 0) is 18.2 Å². The van der Waals surface area contributed by atoms with E-state index in [9.17, 15) is 13.2 Å². The van der Waals surface area contributed by atoms with Crippen molar-refractivity contribution in [3.05, 3.63) is 41.2 Å². The summed E-state index contributed by atoms with van der Waals surface area (Å²) in [5.41, 5.74) is 4.35. The molecule has 0 aliphatic carbocycles. The fourth-order valence-electron chi connectivity index (χ4n) is 1.44. The molecule has 0 saturated heterocycles. The van der Waals surface area contributed by atoms with Crippen molar-refractivity contribution in [3.63, 3.8) is 0 Å². The van der Waals surface area contributed by atoms with Crippen molar-refractivity contribution >= 4 is 28.9 Å². The standard InChI is InChI=1S/C11H8ClF3N4/c12-6-1-2-8(7(3-6)11(13,14)15)18-10-5-17-4-9(16)19-10/h1-5H,(H3,16,18,19). The molecule has 1 aromatic heterocycles. The highest BCUT2D eigenvalue weighted by molar-refractivity contribution is 6.30. The maximum absolute atomic E-state index is 12.9. The number of nitrogens with zero attached hydrogens (tertiary/aromatic N) is 2. The Morgan fingerprint density at radius 3 is 2.58 bits per heavy atom. The van der Waals surface area contributed by atoms with Crippen LogP contribution in [0, 0.1) is 0 Å². The molecule has 2 aromatic rings. The van der Waals surface area contributed by atoms with Crippen LogP contribution in [0.4, 0.5) is 30.5 Å². The lowest BCUT2D eigenvalue weighted by atomic mass is 10.1. The lowest BCUT2D eigenvalue weighted by Gasteiger charge is -2.14. The molecule has 0 atom stereocenters. The molecular formula is C11H8ClF3N4. The first-order chi connectivity index (χ1) is 8.86. The molecule has 1 aromatic carbocycles. The van der Waals surface area contributed by atoms with E-state index in [0.29, 0.717) is 0 Å². The third kappa shape index (κ3) is 3.25. The topological polar surface area (TPSA) is 63.8 Å². The second-order valence-electron chi connectivity index (χ2n) is 3.64. The average molecular weight is 289 g/mol. The molecule has 0 amide bonds. The summed E-state index contributed by atoms with van der Waals surface area (Å²) in [4.78, 5) is 7.55. The summed E-state index contributed by atoms with van der Waals surface area (Å²) in [5.74, 6) is 0.223. The molecule has 0 saturated carbocycles. The van der Waals surface area contributed by atoms with Gasteiger partial charge >= 0.3 is 6.18 Å². The van der Waals surface area contributed by atoms with Crippen LogP contribution < -0.4 is 11.1 Å². The van der Waals surface area contributed by atoms with Crippen LogP contribution in [-0.4, -0.2) is 9.97 Å². The van der Waals surface area contributed by atoms with Crippen LogP contribution in [0.3, 0.4) is 0 Å². The van der Waals surface area contributed by atoms with Gasteiger partial charge in [-0.3, -0.25) is 4.98 Å². The molecule has 0 aliphatic heterocycles. The summed E-state index contributed by atoms with van der Waals surface area (Å²) in [7, 11) is 0. The van der Waals surface area contributed by atoms with Crippen molar-refractivity contribution in [1.82, 2.24) is 9.97 Å². The third-order valence-corrected chi connectivity index (χ3v) is 2.44. The Bertz CT molecular complexity index is 601. The molecule has 0 aliphatic rings. The third-order valence-electron chi connectivity index (χ3n) is 2.20. The van der Waals surface area contributed by atoms with E-state index in [1.165, 1.54) is 24.5 Å². The van der Waals surface area contributed by atoms with Gasteiger partial charge < -0.3 is 11.1 Å². The first-order valence-electron chi connectivity index (χ1n) is 5.07. The largest absolute Gasteiger partial charge is 0.418 e. The van der Waals surface area contributed by atoms with Gasteiger partial charge in [0.25, 0.3) is 0 Å². The zero-order chi connectivity index (χ0) is 14.0. The Morgan fingerprint density at radius 1 is 1.21 bits per heavy atom. The summed E-state index contributed by atoms with van der Waals surface area (Å²) in [6.07, 6.45) is -1.97. The highest BCUT2D eigenvalue weighted by Gasteiger charge is 2.33. The van der Waals surface area contributed by atoms with E-state index in [0.717, 1.165) is 6.07 Å². The minimum absolute atomic E-state index is 0.00321. The number of anilines is 3. The van der Waals surface area contributed by atoms with E-state index in [1.54, 1.807) is 0 Å². The van der Waals surface area contributed by atoms with Crippen LogP contribution in [0.15, 0.2) is 30.6 Å². The number of hydrogen-bond acceptors (Lipinski definition) is 4. The van der Waals surface area contributed by atoms with Crippen LogP contribution >= 0.6 is 11.6 Å². The van der Waals surface area contributed by atoms with E-state index in [4.69, 9.17) is 17.3 Å². The van der Waals surface area contributed by atoms with Crippen molar-refractivity contribution < 1.29 is 13.2 Å². The van der Waals surface area contributed by atoms with Gasteiger partial charge in [-0.2, -0.15) is 13.2 Å². The van der Waals surface area contributed by atoms with Gasteiger partial charge in [0.2, 0.25) is 0 Å². The lowest BCUT2D eigenvalue weighted by Crippen LogP contribution is -2.09. The number of halogens is 4. The Hall–Kier alpha value is -2.02. The Morgan fingerprint density at radius 2 is 1.95 bits per heavy atom. The molecule has 4 nitrogen and oxygen atoms in total. The first kappa shape index (κ1) is 13.4. The van der Waals surface area contributed by atoms with Crippen LogP contribution in [0.5, 0.6) is 0 Å². The van der Waals surface area contributed by atoms with Crippen molar-refractivity contribution in [3.8, 4) is 0 Å². The summed E-state index contributed by atoms with van der Waals surface area (Å²) in [5, 5.41) is 2.51. The second-order valence-corrected chi connectivity index (χ2v) is 4.08. The highest BCUT2D eigenvalue weighted by Crippen LogP contribution is 2.37. The molecule has 0 unspecified atom stereocenters. The van der Waals surface area contributed by atoms with Crippen molar-refractivity contribution in [2.24, 2.45) is 0 Å². The Kier molecular flexibility index (Phi) is 3.48. The van der Waals surface area contributed by atoms with Crippen molar-refractivity contribution in [2.45, 2.75) is 6.18 Å². The van der Waals surface area contributed by atoms with Gasteiger partial charge in [0.15, 0.2) is 5.82 Å². The van der Waals surface area contributed by atoms with E-state index >= 15 is 0 Å². The van der Waals surface area contributed by atoms with E-state index in [1.807, 2.05) is 0 Å². The molecular weight excluding hydrogens is 281 g/mol. The molecule has 0 spiro atoms. The molecule has 0 bridgehead atoms. The van der Waals surface area contributed by atoms with E-state index in [-0.39, 0.29) is 22.3 Å². The van der Waals surface area contributed by atoms with Gasteiger partial charge in [0.05, 0.1) is 23.6 Å². The van der Waals surface area contributed by atoms with E-state index in [2.05, 4.69) is 15.3 Å². The van der Waals surface area contributed by atoms with Crippen molar-refractivity contribution in [1.29, 1.82) is 0 Å². The molecule has 1 heterocycles. The molecule has 19 heavy (non-hydrogen) atoms. The lowest BCUT2D eigenvalue weighted by molar-refractivity contribution is -0.136. The zero-order valence-corrected chi connectivity index (χ0v) is 10.1. The number of rotatable bonds is 2. The van der Waals surface area contributed by atoms with Crippen LogP contribution in [0.2, 0.25) is 5.02 Å². The second kappa shape index (κ2) is 4.93. The number of nitrogens with one attached hydrogen (secondary N) is 1. The minimum atomic E-state index is -4.53. The number of benzene rings is 1. The summed E-state index contributed by atoms with van der Waals surface area (Å²) in [6, 6.07) is 3.40. The smallest absolute Gasteiger partial charge is 0.382 e. The van der Waals surface area contributed by atoms with Gasteiger partial charge in [-0.15, -0.1) is 0 Å². The predicted molar refractivity (Wildman–Crippen MR) is 66.2 cm³/mol. The van der Waals surface area contributed by atoms with Crippen LogP contribution in [-0.2, 0) is 6.18 Å². The quantitative estimate of drug-likeness (QED) is 0.888. The summed E-state index contributed by atoms with van der Waals surface area (Å²) in [6.45, 7) is 0. The van der Waals surface area contributed by atoms with Gasteiger partial charge in [-0.1, -0.05) is 11.6 Å². The van der Waals surface area contributed by atoms with Crippen LogP contribution in [0.1, 0.15) is 5.56 Å². The summed E-state index contributed by atoms with van der Waals surface area (Å²) >= 11 is 5.58. The van der Waals surface area contributed by atoms with Gasteiger partial charge in [0.1, 0.15) is 5.82 Å². The van der Waals surface area contributed by atoms with Gasteiger partial charge in [-0.25, -0.2) is 4.98 Å². The monoisotopic (exact) mass is 288 g/mol. The Labute approximate surface area is 111 Å². The number of aromatic nitrogens is 2. The van der Waals surface area contributed by atoms with Crippen molar-refractivity contribution in [2.75, 3.05) is 11.1 Å². The average Bonchev–Trinajstić information content (AvgIpc) is 2.30. The first-order valence-corrected chi connectivity index (χ1v) is 5.45. The fourth-order valence-corrected chi connectivity index (χ4v) is 1.61. The Balaban J connectivity index is 2.40. The number of nitrogens with two attached hydrogens (primary N) is 1. The molecule has 8 heteroatoms. The molecule has 100 valence electrons. The van der Waals surface area contributed by atoms with E-state index < -0.39 is 11.7 Å². The maximum Gasteiger partial charge on any atom is 0.418 e. The minimum Gasteiger partial charge on any atom is -0.382 e. The number of alkyl halides is 3. The molecule has 2 rings (SSSR count). The fraction of sp³-hybridized carbons (Fsp3) is 0.0909. The normalized spacial score (nSPS) is 11.4. The SMILES string of the molecule is Nc1cncc(Nc2ccc(Cl)cc2C(F)(F)F)n1. The zero-order valence-electron chi connectivity index (χ0n) is 9.37. The predicted octanol–water partition coefficient (Wildman–Crippen LogP) is 3.47. The molecule has 0 radical (unpaired) electrons.